The highest BCUT2D eigenvalue weighted by atomic mass is 35.5. The number of hydrogen-bond acceptors (Lipinski definition) is 5. The van der Waals surface area contributed by atoms with Crippen LogP contribution in [0.4, 0.5) is 5.69 Å². The van der Waals surface area contributed by atoms with E-state index in [0.717, 1.165) is 5.56 Å². The van der Waals surface area contributed by atoms with Crippen LogP contribution >= 0.6 is 23.4 Å². The standard InChI is InChI=1S/C16H12ClN3O2S/c17-12-6-8-13(9-7-12)18-14(21)10-23-16-20-19-15(22-16)11-4-2-1-3-5-11/h1-9H,10H2,(H,18,21). The monoisotopic (exact) mass is 345 g/mol. The molecular weight excluding hydrogens is 334 g/mol. The van der Waals surface area contributed by atoms with E-state index in [2.05, 4.69) is 15.5 Å². The maximum absolute atomic E-state index is 11.9. The van der Waals surface area contributed by atoms with Crippen LogP contribution in [0.25, 0.3) is 11.5 Å². The number of carbonyl (C=O) groups excluding carboxylic acids is 1. The van der Waals surface area contributed by atoms with Gasteiger partial charge in [-0.25, -0.2) is 0 Å². The first-order valence-electron chi connectivity index (χ1n) is 6.78. The molecule has 7 heteroatoms. The summed E-state index contributed by atoms with van der Waals surface area (Å²) >= 11 is 6.99. The molecule has 0 aliphatic rings. The number of rotatable bonds is 5. The van der Waals surface area contributed by atoms with Crippen molar-refractivity contribution in [2.45, 2.75) is 5.22 Å². The fraction of sp³-hybridized carbons (Fsp3) is 0.0625. The van der Waals surface area contributed by atoms with Crippen molar-refractivity contribution in [3.05, 3.63) is 59.6 Å². The number of anilines is 1. The van der Waals surface area contributed by atoms with E-state index >= 15 is 0 Å². The number of nitrogens with zero attached hydrogens (tertiary/aromatic N) is 2. The summed E-state index contributed by atoms with van der Waals surface area (Å²) in [6.45, 7) is 0. The molecule has 0 radical (unpaired) electrons. The third-order valence-corrected chi connectivity index (χ3v) is 3.95. The summed E-state index contributed by atoms with van der Waals surface area (Å²) in [7, 11) is 0. The van der Waals surface area contributed by atoms with Gasteiger partial charge in [0.05, 0.1) is 5.75 Å². The van der Waals surface area contributed by atoms with Crippen LogP contribution in [-0.2, 0) is 4.79 Å². The van der Waals surface area contributed by atoms with Gasteiger partial charge in [0.25, 0.3) is 5.22 Å². The first-order valence-corrected chi connectivity index (χ1v) is 8.14. The normalized spacial score (nSPS) is 10.5. The highest BCUT2D eigenvalue weighted by Crippen LogP contribution is 2.23. The van der Waals surface area contributed by atoms with Crippen LogP contribution in [0.1, 0.15) is 0 Å². The van der Waals surface area contributed by atoms with Gasteiger partial charge in [-0.15, -0.1) is 10.2 Å². The molecule has 0 unspecified atom stereocenters. The highest BCUT2D eigenvalue weighted by molar-refractivity contribution is 7.99. The Labute approximate surface area is 142 Å². The Morgan fingerprint density at radius 3 is 2.57 bits per heavy atom. The number of nitrogens with one attached hydrogen (secondary N) is 1. The van der Waals surface area contributed by atoms with Gasteiger partial charge in [-0.3, -0.25) is 4.79 Å². The second-order valence-corrected chi connectivity index (χ2v) is 5.95. The van der Waals surface area contributed by atoms with Crippen molar-refractivity contribution in [3.63, 3.8) is 0 Å². The summed E-state index contributed by atoms with van der Waals surface area (Å²) in [4.78, 5) is 11.9. The molecule has 0 aliphatic carbocycles. The van der Waals surface area contributed by atoms with Gasteiger partial charge in [0.1, 0.15) is 0 Å². The maximum Gasteiger partial charge on any atom is 0.277 e. The fourth-order valence-electron chi connectivity index (χ4n) is 1.82. The van der Waals surface area contributed by atoms with Crippen LogP contribution in [0.3, 0.4) is 0 Å². The molecule has 0 bridgehead atoms. The quantitative estimate of drug-likeness (QED) is 0.704. The van der Waals surface area contributed by atoms with Gasteiger partial charge in [0, 0.05) is 16.3 Å². The summed E-state index contributed by atoms with van der Waals surface area (Å²) in [6.07, 6.45) is 0. The van der Waals surface area contributed by atoms with Gasteiger partial charge in [0.15, 0.2) is 0 Å². The van der Waals surface area contributed by atoms with Crippen molar-refractivity contribution in [1.29, 1.82) is 0 Å². The highest BCUT2D eigenvalue weighted by Gasteiger charge is 2.11. The minimum atomic E-state index is -0.156. The SMILES string of the molecule is O=C(CSc1nnc(-c2ccccc2)o1)Nc1ccc(Cl)cc1. The Morgan fingerprint density at radius 2 is 1.83 bits per heavy atom. The topological polar surface area (TPSA) is 68.0 Å². The summed E-state index contributed by atoms with van der Waals surface area (Å²) in [6, 6.07) is 16.4. The molecular formula is C16H12ClN3O2S. The zero-order chi connectivity index (χ0) is 16.1. The molecule has 23 heavy (non-hydrogen) atoms. The zero-order valence-electron chi connectivity index (χ0n) is 11.9. The summed E-state index contributed by atoms with van der Waals surface area (Å²) in [5.74, 6) is 0.460. The lowest BCUT2D eigenvalue weighted by Gasteiger charge is -2.03. The Bertz CT molecular complexity index is 791. The minimum absolute atomic E-state index is 0.156. The van der Waals surface area contributed by atoms with Crippen LogP contribution in [0.15, 0.2) is 64.2 Å². The number of hydrogen-bond donors (Lipinski definition) is 1. The lowest BCUT2D eigenvalue weighted by molar-refractivity contribution is -0.113. The molecule has 0 spiro atoms. The van der Waals surface area contributed by atoms with E-state index < -0.39 is 0 Å². The van der Waals surface area contributed by atoms with Gasteiger partial charge < -0.3 is 9.73 Å². The molecule has 0 fully saturated rings. The average Bonchev–Trinajstić information content (AvgIpc) is 3.05. The Balaban J connectivity index is 1.55. The molecule has 0 saturated heterocycles. The molecule has 1 aromatic heterocycles. The molecule has 1 amide bonds. The predicted octanol–water partition coefficient (Wildman–Crippen LogP) is 4.12. The van der Waals surface area contributed by atoms with Crippen molar-refractivity contribution in [2.24, 2.45) is 0 Å². The molecule has 3 aromatic rings. The third-order valence-electron chi connectivity index (χ3n) is 2.88. The second-order valence-electron chi connectivity index (χ2n) is 4.58. The summed E-state index contributed by atoms with van der Waals surface area (Å²) < 4.78 is 5.53. The summed E-state index contributed by atoms with van der Waals surface area (Å²) in [5.41, 5.74) is 1.54. The molecule has 1 N–H and O–H groups in total. The third kappa shape index (κ3) is 4.34. The van der Waals surface area contributed by atoms with E-state index in [4.69, 9.17) is 16.0 Å². The Morgan fingerprint density at radius 1 is 1.09 bits per heavy atom. The van der Waals surface area contributed by atoms with Crippen molar-refractivity contribution in [3.8, 4) is 11.5 Å². The molecule has 116 valence electrons. The molecule has 3 rings (SSSR count). The molecule has 0 atom stereocenters. The summed E-state index contributed by atoms with van der Waals surface area (Å²) in [5, 5.41) is 11.7. The maximum atomic E-state index is 11.9. The lowest BCUT2D eigenvalue weighted by Crippen LogP contribution is -2.13. The van der Waals surface area contributed by atoms with Crippen molar-refractivity contribution in [2.75, 3.05) is 11.1 Å². The van der Waals surface area contributed by atoms with Gasteiger partial charge in [-0.05, 0) is 36.4 Å². The van der Waals surface area contributed by atoms with Crippen LogP contribution in [0.2, 0.25) is 5.02 Å². The zero-order valence-corrected chi connectivity index (χ0v) is 13.5. The predicted molar refractivity (Wildman–Crippen MR) is 90.5 cm³/mol. The Hall–Kier alpha value is -2.31. The van der Waals surface area contributed by atoms with Crippen LogP contribution in [-0.4, -0.2) is 21.9 Å². The molecule has 5 nitrogen and oxygen atoms in total. The second kappa shape index (κ2) is 7.30. The number of benzene rings is 2. The lowest BCUT2D eigenvalue weighted by atomic mass is 10.2. The van der Waals surface area contributed by atoms with Gasteiger partial charge in [-0.1, -0.05) is 41.6 Å². The average molecular weight is 346 g/mol. The van der Waals surface area contributed by atoms with Gasteiger partial charge >= 0.3 is 0 Å². The number of carbonyl (C=O) groups is 1. The van der Waals surface area contributed by atoms with E-state index in [9.17, 15) is 4.79 Å². The van der Waals surface area contributed by atoms with Crippen molar-refractivity contribution in [1.82, 2.24) is 10.2 Å². The van der Waals surface area contributed by atoms with Crippen molar-refractivity contribution < 1.29 is 9.21 Å². The largest absolute Gasteiger partial charge is 0.411 e. The fourth-order valence-corrected chi connectivity index (χ4v) is 2.51. The van der Waals surface area contributed by atoms with Gasteiger partial charge in [-0.2, -0.15) is 0 Å². The number of thioether (sulfide) groups is 1. The van der Waals surface area contributed by atoms with E-state index in [1.807, 2.05) is 30.3 Å². The first-order chi connectivity index (χ1) is 11.2. The minimum Gasteiger partial charge on any atom is -0.411 e. The number of halogens is 1. The van der Waals surface area contributed by atoms with E-state index in [1.165, 1.54) is 11.8 Å². The molecule has 1 heterocycles. The van der Waals surface area contributed by atoms with Crippen LogP contribution < -0.4 is 5.32 Å². The van der Waals surface area contributed by atoms with Gasteiger partial charge in [0.2, 0.25) is 11.8 Å². The van der Waals surface area contributed by atoms with E-state index in [1.54, 1.807) is 24.3 Å². The van der Waals surface area contributed by atoms with E-state index in [-0.39, 0.29) is 11.7 Å². The van der Waals surface area contributed by atoms with E-state index in [0.29, 0.717) is 21.8 Å². The van der Waals surface area contributed by atoms with Crippen molar-refractivity contribution >= 4 is 35.0 Å². The molecule has 2 aromatic carbocycles. The van der Waals surface area contributed by atoms with Crippen LogP contribution in [0, 0.1) is 0 Å². The smallest absolute Gasteiger partial charge is 0.277 e. The van der Waals surface area contributed by atoms with Crippen LogP contribution in [0.5, 0.6) is 0 Å². The molecule has 0 aliphatic heterocycles. The Kier molecular flexibility index (Phi) is 4.95. The first kappa shape index (κ1) is 15.6. The molecule has 0 saturated carbocycles. The number of aromatic nitrogens is 2. The number of amides is 1.